The molecule has 0 spiro atoms. The van der Waals surface area contributed by atoms with Crippen molar-refractivity contribution >= 4 is 22.3 Å². The number of hydrogen-bond donors (Lipinski definition) is 1. The Labute approximate surface area is 81.0 Å². The monoisotopic (exact) mass is 196 g/mol. The number of ketones is 1. The summed E-state index contributed by atoms with van der Waals surface area (Å²) in [6.07, 6.45) is 3.05. The van der Waals surface area contributed by atoms with E-state index in [2.05, 4.69) is 4.98 Å². The predicted molar refractivity (Wildman–Crippen MR) is 52.9 cm³/mol. The third-order valence-corrected chi connectivity index (χ3v) is 3.42. The van der Waals surface area contributed by atoms with E-state index in [4.69, 9.17) is 5.73 Å². The summed E-state index contributed by atoms with van der Waals surface area (Å²) >= 11 is 1.53. The first kappa shape index (κ1) is 8.69. The summed E-state index contributed by atoms with van der Waals surface area (Å²) in [5.74, 6) is 0.226. The van der Waals surface area contributed by atoms with E-state index in [0.717, 1.165) is 25.0 Å². The smallest absolute Gasteiger partial charge is 0.180 e. The summed E-state index contributed by atoms with van der Waals surface area (Å²) in [5.41, 5.74) is 6.56. The lowest BCUT2D eigenvalue weighted by Gasteiger charge is -2.17. The summed E-state index contributed by atoms with van der Waals surface area (Å²) in [6, 6.07) is 0. The highest BCUT2D eigenvalue weighted by Crippen LogP contribution is 2.35. The molecule has 1 atom stereocenters. The van der Waals surface area contributed by atoms with Crippen LogP contribution in [0.2, 0.25) is 0 Å². The third kappa shape index (κ3) is 1.46. The number of aromatic nitrogens is 1. The molecule has 0 bridgehead atoms. The summed E-state index contributed by atoms with van der Waals surface area (Å²) < 4.78 is 0. The summed E-state index contributed by atoms with van der Waals surface area (Å²) in [5, 5.41) is 0.596. The van der Waals surface area contributed by atoms with Crippen molar-refractivity contribution in [3.05, 3.63) is 10.6 Å². The molecule has 1 aromatic rings. The molecule has 2 N–H and O–H groups in total. The van der Waals surface area contributed by atoms with Crippen molar-refractivity contribution in [2.75, 3.05) is 5.73 Å². The Kier molecular flexibility index (Phi) is 2.07. The molecule has 1 aliphatic carbocycles. The number of nitrogen functional groups attached to an aromatic ring is 1. The molecule has 0 aromatic carbocycles. The minimum absolute atomic E-state index is 0.0114. The van der Waals surface area contributed by atoms with E-state index >= 15 is 0 Å². The number of thiazole rings is 1. The number of nitrogens with two attached hydrogens (primary N) is 1. The van der Waals surface area contributed by atoms with Gasteiger partial charge < -0.3 is 5.73 Å². The Bertz CT molecular complexity index is 345. The van der Waals surface area contributed by atoms with Gasteiger partial charge in [-0.05, 0) is 26.2 Å². The third-order valence-electron chi connectivity index (χ3n) is 2.46. The number of carbonyl (C=O) groups excluding carboxylic acids is 1. The van der Waals surface area contributed by atoms with Crippen LogP contribution >= 0.6 is 11.3 Å². The van der Waals surface area contributed by atoms with E-state index in [9.17, 15) is 4.79 Å². The molecular formula is C9H12N2OS. The first-order valence-electron chi connectivity index (χ1n) is 4.44. The molecular weight excluding hydrogens is 184 g/mol. The second-order valence-corrected chi connectivity index (χ2v) is 4.53. The number of hydrogen-bond acceptors (Lipinski definition) is 4. The van der Waals surface area contributed by atoms with E-state index in [1.54, 1.807) is 6.92 Å². The number of anilines is 1. The molecule has 0 saturated heterocycles. The molecule has 0 aliphatic heterocycles. The minimum atomic E-state index is 0.0114. The van der Waals surface area contributed by atoms with Crippen LogP contribution in [0.4, 0.5) is 5.13 Å². The quantitative estimate of drug-likeness (QED) is 0.744. The maximum atomic E-state index is 11.3. The fourth-order valence-electron chi connectivity index (χ4n) is 1.83. The number of nitrogens with zero attached hydrogens (tertiary/aromatic N) is 1. The number of aryl methyl sites for hydroxylation is 1. The Morgan fingerprint density at radius 2 is 2.46 bits per heavy atom. The molecule has 70 valence electrons. The summed E-state index contributed by atoms with van der Waals surface area (Å²) in [6.45, 7) is 1.63. The van der Waals surface area contributed by atoms with Crippen LogP contribution in [0, 0.1) is 0 Å². The van der Waals surface area contributed by atoms with Gasteiger partial charge >= 0.3 is 0 Å². The van der Waals surface area contributed by atoms with Gasteiger partial charge in [0.1, 0.15) is 5.78 Å². The van der Waals surface area contributed by atoms with E-state index in [0.29, 0.717) is 5.13 Å². The number of carbonyl (C=O) groups is 1. The van der Waals surface area contributed by atoms with Gasteiger partial charge in [-0.2, -0.15) is 0 Å². The van der Waals surface area contributed by atoms with Crippen molar-refractivity contribution in [2.24, 2.45) is 0 Å². The van der Waals surface area contributed by atoms with Gasteiger partial charge in [0, 0.05) is 4.88 Å². The summed E-state index contributed by atoms with van der Waals surface area (Å²) in [4.78, 5) is 16.7. The number of fused-ring (bicyclic) bond motifs is 1. The maximum absolute atomic E-state index is 11.3. The van der Waals surface area contributed by atoms with Crippen LogP contribution in [0.3, 0.4) is 0 Å². The van der Waals surface area contributed by atoms with E-state index < -0.39 is 0 Å². The zero-order chi connectivity index (χ0) is 9.42. The van der Waals surface area contributed by atoms with Crippen molar-refractivity contribution < 1.29 is 4.79 Å². The van der Waals surface area contributed by atoms with Gasteiger partial charge in [-0.1, -0.05) is 0 Å². The van der Waals surface area contributed by atoms with Crippen LogP contribution < -0.4 is 5.73 Å². The van der Waals surface area contributed by atoms with Crippen LogP contribution in [0.25, 0.3) is 0 Å². The largest absolute Gasteiger partial charge is 0.375 e. The van der Waals surface area contributed by atoms with Gasteiger partial charge in [-0.3, -0.25) is 4.79 Å². The molecule has 1 aromatic heterocycles. The zero-order valence-electron chi connectivity index (χ0n) is 7.54. The number of rotatable bonds is 1. The standard InChI is InChI=1S/C9H12N2OS/c1-5(12)6-3-2-4-7-8(6)11-9(10)13-7/h6H,2-4H2,1H3,(H2,10,11). The average Bonchev–Trinajstić information content (AvgIpc) is 2.43. The Hall–Kier alpha value is -0.900. The average molecular weight is 196 g/mol. The fourth-order valence-corrected chi connectivity index (χ4v) is 2.77. The maximum Gasteiger partial charge on any atom is 0.180 e. The van der Waals surface area contributed by atoms with Gasteiger partial charge in [-0.15, -0.1) is 11.3 Å². The van der Waals surface area contributed by atoms with Gasteiger partial charge in [0.15, 0.2) is 5.13 Å². The highest BCUT2D eigenvalue weighted by atomic mass is 32.1. The van der Waals surface area contributed by atoms with Crippen molar-refractivity contribution in [1.29, 1.82) is 0 Å². The molecule has 0 amide bonds. The SMILES string of the molecule is CC(=O)C1CCCc2sc(N)nc21. The molecule has 3 nitrogen and oxygen atoms in total. The first-order chi connectivity index (χ1) is 6.18. The van der Waals surface area contributed by atoms with E-state index in [1.165, 1.54) is 16.2 Å². The van der Waals surface area contributed by atoms with Gasteiger partial charge in [0.2, 0.25) is 0 Å². The first-order valence-corrected chi connectivity index (χ1v) is 5.25. The molecule has 13 heavy (non-hydrogen) atoms. The molecule has 1 unspecified atom stereocenters. The van der Waals surface area contributed by atoms with Crippen molar-refractivity contribution in [3.8, 4) is 0 Å². The lowest BCUT2D eigenvalue weighted by molar-refractivity contribution is -0.118. The van der Waals surface area contributed by atoms with Crippen LogP contribution in [-0.4, -0.2) is 10.8 Å². The lowest BCUT2D eigenvalue weighted by Crippen LogP contribution is -2.15. The normalized spacial score (nSPS) is 21.2. The van der Waals surface area contributed by atoms with Crippen LogP contribution in [0.5, 0.6) is 0 Å². The second kappa shape index (κ2) is 3.10. The van der Waals surface area contributed by atoms with E-state index in [1.807, 2.05) is 0 Å². The molecule has 4 heteroatoms. The fraction of sp³-hybridized carbons (Fsp3) is 0.556. The van der Waals surface area contributed by atoms with Gasteiger partial charge in [0.05, 0.1) is 11.6 Å². The Morgan fingerprint density at radius 3 is 3.15 bits per heavy atom. The molecule has 2 rings (SSSR count). The molecule has 1 heterocycles. The lowest BCUT2D eigenvalue weighted by atomic mass is 9.88. The zero-order valence-corrected chi connectivity index (χ0v) is 8.36. The molecule has 0 radical (unpaired) electrons. The van der Waals surface area contributed by atoms with Crippen molar-refractivity contribution in [3.63, 3.8) is 0 Å². The van der Waals surface area contributed by atoms with Crippen molar-refractivity contribution in [1.82, 2.24) is 4.98 Å². The van der Waals surface area contributed by atoms with Gasteiger partial charge in [0.25, 0.3) is 0 Å². The number of Topliss-reactive ketones (excluding diaryl/α,β-unsaturated/α-hetero) is 1. The molecule has 0 saturated carbocycles. The van der Waals surface area contributed by atoms with Gasteiger partial charge in [-0.25, -0.2) is 4.98 Å². The molecule has 0 fully saturated rings. The highest BCUT2D eigenvalue weighted by Gasteiger charge is 2.27. The Balaban J connectivity index is 2.41. The van der Waals surface area contributed by atoms with Crippen LogP contribution in [0.1, 0.15) is 36.3 Å². The predicted octanol–water partition coefficient (Wildman–Crippen LogP) is 1.73. The van der Waals surface area contributed by atoms with E-state index in [-0.39, 0.29) is 11.7 Å². The van der Waals surface area contributed by atoms with Crippen molar-refractivity contribution in [2.45, 2.75) is 32.1 Å². The second-order valence-electron chi connectivity index (χ2n) is 3.42. The summed E-state index contributed by atoms with van der Waals surface area (Å²) in [7, 11) is 0. The van der Waals surface area contributed by atoms with Crippen LogP contribution in [0.15, 0.2) is 0 Å². The van der Waals surface area contributed by atoms with Crippen LogP contribution in [-0.2, 0) is 11.2 Å². The minimum Gasteiger partial charge on any atom is -0.375 e. The highest BCUT2D eigenvalue weighted by molar-refractivity contribution is 7.15. The Morgan fingerprint density at radius 1 is 1.69 bits per heavy atom. The molecule has 1 aliphatic rings. The topological polar surface area (TPSA) is 56.0 Å².